The van der Waals surface area contributed by atoms with Crippen molar-refractivity contribution in [3.05, 3.63) is 48.0 Å². The van der Waals surface area contributed by atoms with E-state index in [4.69, 9.17) is 4.42 Å². The zero-order valence-electron chi connectivity index (χ0n) is 13.5. The Morgan fingerprint density at radius 3 is 2.67 bits per heavy atom. The number of carbonyl (C=O) groups excluding carboxylic acids is 1. The zero-order chi connectivity index (χ0) is 16.5. The zero-order valence-corrected chi connectivity index (χ0v) is 13.5. The summed E-state index contributed by atoms with van der Waals surface area (Å²) >= 11 is 0. The maximum Gasteiger partial charge on any atom is 0.223 e. The largest absolute Gasteiger partial charge is 0.461 e. The molecule has 24 heavy (non-hydrogen) atoms. The minimum absolute atomic E-state index is 0.188. The first-order chi connectivity index (χ1) is 11.7. The number of carbonyl (C=O) groups is 1. The van der Waals surface area contributed by atoms with Crippen LogP contribution in [0.1, 0.15) is 12.2 Å². The van der Waals surface area contributed by atoms with Crippen LogP contribution in [0.5, 0.6) is 0 Å². The lowest BCUT2D eigenvalue weighted by molar-refractivity contribution is -0.130. The molecule has 0 unspecified atom stereocenters. The molecule has 3 heterocycles. The first kappa shape index (κ1) is 15.4. The van der Waals surface area contributed by atoms with Crippen LogP contribution in [0, 0.1) is 17.7 Å². The summed E-state index contributed by atoms with van der Waals surface area (Å²) < 4.78 is 19.5. The highest BCUT2D eigenvalue weighted by atomic mass is 19.1. The van der Waals surface area contributed by atoms with Gasteiger partial charge in [0.15, 0.2) is 0 Å². The Morgan fingerprint density at radius 2 is 1.92 bits per heavy atom. The molecule has 0 spiro atoms. The first-order valence-electron chi connectivity index (χ1n) is 8.53. The van der Waals surface area contributed by atoms with Crippen LogP contribution in [-0.2, 0) is 11.2 Å². The number of likely N-dealkylation sites (tertiary alicyclic amines) is 1. The van der Waals surface area contributed by atoms with Gasteiger partial charge in [0.05, 0.1) is 5.56 Å². The van der Waals surface area contributed by atoms with Crippen LogP contribution in [0.2, 0.25) is 0 Å². The standard InChI is InChI=1S/C19H21FN2O2/c20-17-4-2-1-3-16(17)18-7-5-15(24-18)6-8-19(23)22-11-13-9-21-10-14(13)12-22/h1-5,7,13-14,21H,6,8-12H2/t13-,14+. The number of nitrogens with zero attached hydrogens (tertiary/aromatic N) is 1. The van der Waals surface area contributed by atoms with Crippen LogP contribution in [0.4, 0.5) is 4.39 Å². The van der Waals surface area contributed by atoms with Crippen LogP contribution in [0.25, 0.3) is 11.3 Å². The molecule has 2 aliphatic heterocycles. The second-order valence-corrected chi connectivity index (χ2v) is 6.72. The molecule has 0 aliphatic carbocycles. The average molecular weight is 328 g/mol. The summed E-state index contributed by atoms with van der Waals surface area (Å²) in [5.41, 5.74) is 0.454. The molecule has 2 aromatic rings. The lowest BCUT2D eigenvalue weighted by Crippen LogP contribution is -2.31. The number of furan rings is 1. The number of halogens is 1. The van der Waals surface area contributed by atoms with Crippen LogP contribution in [0.15, 0.2) is 40.8 Å². The molecular weight excluding hydrogens is 307 g/mol. The molecule has 2 fully saturated rings. The highest BCUT2D eigenvalue weighted by Crippen LogP contribution is 2.28. The summed E-state index contributed by atoms with van der Waals surface area (Å²) in [4.78, 5) is 14.4. The average Bonchev–Trinajstić information content (AvgIpc) is 3.28. The van der Waals surface area contributed by atoms with E-state index < -0.39 is 0 Å². The van der Waals surface area contributed by atoms with E-state index in [9.17, 15) is 9.18 Å². The fraction of sp³-hybridized carbons (Fsp3) is 0.421. The third-order valence-corrected chi connectivity index (χ3v) is 5.13. The van der Waals surface area contributed by atoms with Gasteiger partial charge >= 0.3 is 0 Å². The van der Waals surface area contributed by atoms with Crippen molar-refractivity contribution in [1.29, 1.82) is 0 Å². The molecular formula is C19H21FN2O2. The number of aryl methyl sites for hydroxylation is 1. The van der Waals surface area contributed by atoms with Crippen molar-refractivity contribution in [3.63, 3.8) is 0 Å². The molecule has 5 heteroatoms. The predicted molar refractivity (Wildman–Crippen MR) is 88.9 cm³/mol. The predicted octanol–water partition coefficient (Wildman–Crippen LogP) is 2.70. The summed E-state index contributed by atoms with van der Waals surface area (Å²) in [7, 11) is 0. The molecule has 1 aromatic heterocycles. The molecule has 0 bridgehead atoms. The maximum absolute atomic E-state index is 13.8. The molecule has 4 nitrogen and oxygen atoms in total. The minimum atomic E-state index is -0.299. The topological polar surface area (TPSA) is 45.5 Å². The number of hydrogen-bond donors (Lipinski definition) is 1. The van der Waals surface area contributed by atoms with Crippen LogP contribution < -0.4 is 5.32 Å². The van der Waals surface area contributed by atoms with Crippen molar-refractivity contribution in [3.8, 4) is 11.3 Å². The fourth-order valence-corrected chi connectivity index (χ4v) is 3.77. The highest BCUT2D eigenvalue weighted by molar-refractivity contribution is 5.76. The van der Waals surface area contributed by atoms with Crippen molar-refractivity contribution >= 4 is 5.91 Å². The Bertz CT molecular complexity index is 730. The Balaban J connectivity index is 1.35. The Kier molecular flexibility index (Phi) is 4.10. The van der Waals surface area contributed by atoms with Gasteiger partial charge in [-0.05, 0) is 36.1 Å². The van der Waals surface area contributed by atoms with Gasteiger partial charge in [-0.15, -0.1) is 0 Å². The van der Waals surface area contributed by atoms with Gasteiger partial charge in [0.1, 0.15) is 17.3 Å². The summed E-state index contributed by atoms with van der Waals surface area (Å²) in [5, 5.41) is 3.38. The van der Waals surface area contributed by atoms with E-state index in [1.54, 1.807) is 24.3 Å². The van der Waals surface area contributed by atoms with E-state index in [1.165, 1.54) is 6.07 Å². The Hall–Kier alpha value is -2.14. The summed E-state index contributed by atoms with van der Waals surface area (Å²) in [6.07, 6.45) is 0.995. The van der Waals surface area contributed by atoms with Crippen molar-refractivity contribution in [2.24, 2.45) is 11.8 Å². The van der Waals surface area contributed by atoms with Crippen LogP contribution in [0.3, 0.4) is 0 Å². The molecule has 4 rings (SSSR count). The second-order valence-electron chi connectivity index (χ2n) is 6.72. The van der Waals surface area contributed by atoms with Gasteiger partial charge in [0.25, 0.3) is 0 Å². The van der Waals surface area contributed by atoms with Crippen LogP contribution in [-0.4, -0.2) is 37.0 Å². The van der Waals surface area contributed by atoms with E-state index >= 15 is 0 Å². The van der Waals surface area contributed by atoms with Gasteiger partial charge in [-0.3, -0.25) is 4.79 Å². The Labute approximate surface area is 140 Å². The van der Waals surface area contributed by atoms with E-state index in [0.717, 1.165) is 31.9 Å². The molecule has 2 aliphatic rings. The molecule has 0 saturated carbocycles. The highest BCUT2D eigenvalue weighted by Gasteiger charge is 2.37. The van der Waals surface area contributed by atoms with Crippen molar-refractivity contribution < 1.29 is 13.6 Å². The molecule has 0 radical (unpaired) electrons. The molecule has 2 atom stereocenters. The third-order valence-electron chi connectivity index (χ3n) is 5.13. The maximum atomic E-state index is 13.8. The van der Waals surface area contributed by atoms with E-state index in [2.05, 4.69) is 5.32 Å². The second kappa shape index (κ2) is 6.40. The Morgan fingerprint density at radius 1 is 1.17 bits per heavy atom. The molecule has 1 amide bonds. The molecule has 1 aromatic carbocycles. The number of rotatable bonds is 4. The number of hydrogen-bond acceptors (Lipinski definition) is 3. The molecule has 2 saturated heterocycles. The minimum Gasteiger partial charge on any atom is -0.461 e. The fourth-order valence-electron chi connectivity index (χ4n) is 3.77. The van der Waals surface area contributed by atoms with E-state index in [0.29, 0.717) is 36.0 Å². The smallest absolute Gasteiger partial charge is 0.223 e. The van der Waals surface area contributed by atoms with E-state index in [-0.39, 0.29) is 11.7 Å². The van der Waals surface area contributed by atoms with Gasteiger partial charge in [-0.2, -0.15) is 0 Å². The van der Waals surface area contributed by atoms with Gasteiger partial charge in [0, 0.05) is 39.0 Å². The lowest BCUT2D eigenvalue weighted by atomic mass is 10.0. The van der Waals surface area contributed by atoms with Gasteiger partial charge in [-0.25, -0.2) is 4.39 Å². The monoisotopic (exact) mass is 328 g/mol. The van der Waals surface area contributed by atoms with E-state index in [1.807, 2.05) is 11.0 Å². The van der Waals surface area contributed by atoms with Gasteiger partial charge in [-0.1, -0.05) is 12.1 Å². The lowest BCUT2D eigenvalue weighted by Gasteiger charge is -2.17. The normalized spacial score (nSPS) is 22.8. The number of fused-ring (bicyclic) bond motifs is 1. The molecule has 1 N–H and O–H groups in total. The molecule has 126 valence electrons. The van der Waals surface area contributed by atoms with Crippen LogP contribution >= 0.6 is 0 Å². The van der Waals surface area contributed by atoms with Crippen molar-refractivity contribution in [2.45, 2.75) is 12.8 Å². The van der Waals surface area contributed by atoms with Crippen molar-refractivity contribution in [2.75, 3.05) is 26.2 Å². The number of benzene rings is 1. The summed E-state index contributed by atoms with van der Waals surface area (Å²) in [5.74, 6) is 2.36. The third kappa shape index (κ3) is 2.96. The quantitative estimate of drug-likeness (QED) is 0.939. The van der Waals surface area contributed by atoms with Gasteiger partial charge in [0.2, 0.25) is 5.91 Å². The van der Waals surface area contributed by atoms with Gasteiger partial charge < -0.3 is 14.6 Å². The first-order valence-corrected chi connectivity index (χ1v) is 8.53. The summed E-state index contributed by atoms with van der Waals surface area (Å²) in [6, 6.07) is 10.1. The SMILES string of the molecule is O=C(CCc1ccc(-c2ccccc2F)o1)N1C[C@H]2CNC[C@H]2C1. The number of amides is 1. The summed E-state index contributed by atoms with van der Waals surface area (Å²) in [6.45, 7) is 3.79. The van der Waals surface area contributed by atoms with Crippen molar-refractivity contribution in [1.82, 2.24) is 10.2 Å². The number of nitrogens with one attached hydrogen (secondary N) is 1.